The van der Waals surface area contributed by atoms with Crippen LogP contribution >= 0.6 is 0 Å². The Morgan fingerprint density at radius 3 is 3.00 bits per heavy atom. The van der Waals surface area contributed by atoms with Gasteiger partial charge in [-0.2, -0.15) is 0 Å². The molecule has 1 unspecified atom stereocenters. The van der Waals surface area contributed by atoms with Gasteiger partial charge in [0.2, 0.25) is 0 Å². The zero-order chi connectivity index (χ0) is 9.26. The molecule has 0 bridgehead atoms. The van der Waals surface area contributed by atoms with Gasteiger partial charge in [-0.1, -0.05) is 12.1 Å². The minimum absolute atomic E-state index is 0.0532. The molecule has 0 spiro atoms. The summed E-state index contributed by atoms with van der Waals surface area (Å²) in [6, 6.07) is 7.52. The van der Waals surface area contributed by atoms with Gasteiger partial charge in [-0.15, -0.1) is 0 Å². The summed E-state index contributed by atoms with van der Waals surface area (Å²) < 4.78 is 5.13. The molecule has 1 atom stereocenters. The summed E-state index contributed by atoms with van der Waals surface area (Å²) in [5, 5.41) is 2.59. The van der Waals surface area contributed by atoms with E-state index in [-0.39, 0.29) is 12.0 Å². The molecular formula is C10H11NO2. The Kier molecular flexibility index (Phi) is 2.02. The molecule has 3 nitrogen and oxygen atoms in total. The highest BCUT2D eigenvalue weighted by atomic mass is 16.6. The Bertz CT molecular complexity index is 331. The molecule has 13 heavy (non-hydrogen) atoms. The fourth-order valence-electron chi connectivity index (χ4n) is 1.27. The van der Waals surface area contributed by atoms with E-state index in [1.165, 1.54) is 0 Å². The maximum Gasteiger partial charge on any atom is 0.251 e. The number of amides is 1. The van der Waals surface area contributed by atoms with Crippen LogP contribution in [-0.2, 0) is 4.74 Å². The van der Waals surface area contributed by atoms with E-state index in [4.69, 9.17) is 4.74 Å². The van der Waals surface area contributed by atoms with E-state index in [1.807, 2.05) is 18.2 Å². The van der Waals surface area contributed by atoms with Gasteiger partial charge in [-0.05, 0) is 17.7 Å². The minimum atomic E-state index is -0.0532. The number of benzene rings is 1. The van der Waals surface area contributed by atoms with Crippen molar-refractivity contribution in [2.45, 2.75) is 6.10 Å². The molecule has 0 aromatic heterocycles. The summed E-state index contributed by atoms with van der Waals surface area (Å²) in [6.45, 7) is 0.775. The standard InChI is InChI=1S/C10H11NO2/c1-11-10(12)8-4-2-3-7(5-8)9-6-13-9/h2-5,9H,6H2,1H3,(H,11,12). The molecule has 1 heterocycles. The van der Waals surface area contributed by atoms with Crippen LogP contribution in [0.15, 0.2) is 24.3 Å². The molecule has 1 saturated heterocycles. The highest BCUT2D eigenvalue weighted by Gasteiger charge is 2.24. The predicted octanol–water partition coefficient (Wildman–Crippen LogP) is 1.12. The van der Waals surface area contributed by atoms with Crippen LogP contribution in [0.3, 0.4) is 0 Å². The fraction of sp³-hybridized carbons (Fsp3) is 0.300. The van der Waals surface area contributed by atoms with E-state index in [2.05, 4.69) is 5.32 Å². The predicted molar refractivity (Wildman–Crippen MR) is 48.5 cm³/mol. The highest BCUT2D eigenvalue weighted by molar-refractivity contribution is 5.94. The normalized spacial score (nSPS) is 19.6. The van der Waals surface area contributed by atoms with Crippen LogP contribution in [-0.4, -0.2) is 19.6 Å². The molecule has 2 rings (SSSR count). The lowest BCUT2D eigenvalue weighted by atomic mass is 10.1. The monoisotopic (exact) mass is 177 g/mol. The van der Waals surface area contributed by atoms with E-state index in [0.29, 0.717) is 5.56 Å². The molecule has 3 heteroatoms. The number of hydrogen-bond donors (Lipinski definition) is 1. The second-order valence-electron chi connectivity index (χ2n) is 3.03. The molecular weight excluding hydrogens is 166 g/mol. The first-order chi connectivity index (χ1) is 6.31. The smallest absolute Gasteiger partial charge is 0.251 e. The maximum atomic E-state index is 11.3. The maximum absolute atomic E-state index is 11.3. The minimum Gasteiger partial charge on any atom is -0.368 e. The number of nitrogens with one attached hydrogen (secondary N) is 1. The summed E-state index contributed by atoms with van der Waals surface area (Å²) in [6.07, 6.45) is 0.213. The first kappa shape index (κ1) is 8.26. The zero-order valence-electron chi connectivity index (χ0n) is 7.41. The number of carbonyl (C=O) groups excluding carboxylic acids is 1. The van der Waals surface area contributed by atoms with Gasteiger partial charge in [-0.3, -0.25) is 4.79 Å². The largest absolute Gasteiger partial charge is 0.368 e. The second-order valence-corrected chi connectivity index (χ2v) is 3.03. The number of hydrogen-bond acceptors (Lipinski definition) is 2. The molecule has 1 aliphatic rings. The van der Waals surface area contributed by atoms with Crippen molar-refractivity contribution in [3.63, 3.8) is 0 Å². The van der Waals surface area contributed by atoms with Gasteiger partial charge >= 0.3 is 0 Å². The molecule has 1 N–H and O–H groups in total. The second kappa shape index (κ2) is 3.18. The quantitative estimate of drug-likeness (QED) is 0.688. The average molecular weight is 177 g/mol. The topological polar surface area (TPSA) is 41.6 Å². The van der Waals surface area contributed by atoms with Crippen molar-refractivity contribution in [3.8, 4) is 0 Å². The van der Waals surface area contributed by atoms with Gasteiger partial charge in [0.1, 0.15) is 6.10 Å². The van der Waals surface area contributed by atoms with E-state index in [9.17, 15) is 4.79 Å². The molecule has 1 aliphatic heterocycles. The van der Waals surface area contributed by atoms with Crippen LogP contribution in [0.4, 0.5) is 0 Å². The lowest BCUT2D eigenvalue weighted by Crippen LogP contribution is -2.17. The lowest BCUT2D eigenvalue weighted by molar-refractivity contribution is 0.0963. The van der Waals surface area contributed by atoms with Crippen LogP contribution in [0, 0.1) is 0 Å². The van der Waals surface area contributed by atoms with Crippen molar-refractivity contribution in [1.29, 1.82) is 0 Å². The van der Waals surface area contributed by atoms with Crippen LogP contribution in [0.2, 0.25) is 0 Å². The number of rotatable bonds is 2. The van der Waals surface area contributed by atoms with Gasteiger partial charge in [0.25, 0.3) is 5.91 Å². The number of ether oxygens (including phenoxy) is 1. The van der Waals surface area contributed by atoms with E-state index >= 15 is 0 Å². The molecule has 1 amide bonds. The van der Waals surface area contributed by atoms with E-state index in [1.54, 1.807) is 13.1 Å². The molecule has 68 valence electrons. The summed E-state index contributed by atoms with van der Waals surface area (Å²) in [7, 11) is 1.63. The van der Waals surface area contributed by atoms with Crippen molar-refractivity contribution in [1.82, 2.24) is 5.32 Å². The molecule has 1 aromatic carbocycles. The molecule has 1 fully saturated rings. The van der Waals surface area contributed by atoms with Gasteiger partial charge in [0.15, 0.2) is 0 Å². The molecule has 0 aliphatic carbocycles. The first-order valence-electron chi connectivity index (χ1n) is 4.25. The van der Waals surface area contributed by atoms with Crippen molar-refractivity contribution in [3.05, 3.63) is 35.4 Å². The average Bonchev–Trinajstić information content (AvgIpc) is 3.00. The number of carbonyl (C=O) groups is 1. The lowest BCUT2D eigenvalue weighted by Gasteiger charge is -2.01. The van der Waals surface area contributed by atoms with E-state index < -0.39 is 0 Å². The van der Waals surface area contributed by atoms with Gasteiger partial charge in [0, 0.05) is 12.6 Å². The fourth-order valence-corrected chi connectivity index (χ4v) is 1.27. The van der Waals surface area contributed by atoms with E-state index in [0.717, 1.165) is 12.2 Å². The van der Waals surface area contributed by atoms with Crippen molar-refractivity contribution in [2.24, 2.45) is 0 Å². The van der Waals surface area contributed by atoms with Gasteiger partial charge < -0.3 is 10.1 Å². The van der Waals surface area contributed by atoms with Crippen molar-refractivity contribution in [2.75, 3.05) is 13.7 Å². The van der Waals surface area contributed by atoms with Crippen LogP contribution in [0.25, 0.3) is 0 Å². The summed E-state index contributed by atoms with van der Waals surface area (Å²) >= 11 is 0. The zero-order valence-corrected chi connectivity index (χ0v) is 7.41. The molecule has 0 radical (unpaired) electrons. The third-order valence-corrected chi connectivity index (χ3v) is 2.08. The highest BCUT2D eigenvalue weighted by Crippen LogP contribution is 2.29. The number of epoxide rings is 1. The van der Waals surface area contributed by atoms with Crippen LogP contribution in [0.1, 0.15) is 22.0 Å². The molecule has 0 saturated carbocycles. The Labute approximate surface area is 76.7 Å². The Morgan fingerprint density at radius 1 is 1.62 bits per heavy atom. The Morgan fingerprint density at radius 2 is 2.38 bits per heavy atom. The van der Waals surface area contributed by atoms with Crippen LogP contribution in [0.5, 0.6) is 0 Å². The third-order valence-electron chi connectivity index (χ3n) is 2.08. The SMILES string of the molecule is CNC(=O)c1cccc(C2CO2)c1. The summed E-state index contributed by atoms with van der Waals surface area (Å²) in [4.78, 5) is 11.3. The van der Waals surface area contributed by atoms with Gasteiger partial charge in [-0.25, -0.2) is 0 Å². The Balaban J connectivity index is 2.26. The molecule has 1 aromatic rings. The van der Waals surface area contributed by atoms with Crippen molar-refractivity contribution >= 4 is 5.91 Å². The van der Waals surface area contributed by atoms with Gasteiger partial charge in [0.05, 0.1) is 6.61 Å². The van der Waals surface area contributed by atoms with Crippen molar-refractivity contribution < 1.29 is 9.53 Å². The third kappa shape index (κ3) is 1.70. The Hall–Kier alpha value is -1.35. The summed E-state index contributed by atoms with van der Waals surface area (Å²) in [5.74, 6) is -0.0532. The summed E-state index contributed by atoms with van der Waals surface area (Å²) in [5.41, 5.74) is 1.77. The van der Waals surface area contributed by atoms with Crippen LogP contribution < -0.4 is 5.32 Å². The first-order valence-corrected chi connectivity index (χ1v) is 4.25.